The number of aromatic nitrogens is 2. The average Bonchev–Trinajstić information content (AvgIpc) is 2.18. The van der Waals surface area contributed by atoms with Crippen molar-refractivity contribution in [2.75, 3.05) is 10.6 Å². The SMILES string of the molecule is CC(C)C(=O)Nc1ccc(NC(C)(C)C)nn1. The highest BCUT2D eigenvalue weighted by Gasteiger charge is 2.11. The van der Waals surface area contributed by atoms with E-state index in [0.29, 0.717) is 11.6 Å². The second-order valence-corrected chi connectivity index (χ2v) is 5.32. The molecule has 0 saturated heterocycles. The van der Waals surface area contributed by atoms with Crippen LogP contribution in [-0.4, -0.2) is 21.6 Å². The molecule has 2 N–H and O–H groups in total. The van der Waals surface area contributed by atoms with Crippen LogP contribution in [-0.2, 0) is 4.79 Å². The minimum absolute atomic E-state index is 0.0582. The van der Waals surface area contributed by atoms with Gasteiger partial charge in [-0.2, -0.15) is 0 Å². The third kappa shape index (κ3) is 4.80. The Labute approximate surface area is 102 Å². The zero-order valence-corrected chi connectivity index (χ0v) is 11.0. The standard InChI is InChI=1S/C12H20N4O/c1-8(2)11(17)13-9-6-7-10(16-15-9)14-12(3,4)5/h6-8H,1-5H3,(H,14,16)(H,13,15,17). The molecule has 0 fully saturated rings. The van der Waals surface area contributed by atoms with Gasteiger partial charge in [0.25, 0.3) is 0 Å². The summed E-state index contributed by atoms with van der Waals surface area (Å²) in [6, 6.07) is 3.54. The Morgan fingerprint density at radius 1 is 1.18 bits per heavy atom. The Morgan fingerprint density at radius 3 is 2.12 bits per heavy atom. The number of hydrogen-bond acceptors (Lipinski definition) is 4. The van der Waals surface area contributed by atoms with E-state index in [4.69, 9.17) is 0 Å². The molecule has 1 heterocycles. The van der Waals surface area contributed by atoms with Gasteiger partial charge in [0.1, 0.15) is 5.82 Å². The number of nitrogens with zero attached hydrogens (tertiary/aromatic N) is 2. The van der Waals surface area contributed by atoms with Crippen molar-refractivity contribution in [1.29, 1.82) is 0 Å². The van der Waals surface area contributed by atoms with Gasteiger partial charge in [-0.3, -0.25) is 4.79 Å². The van der Waals surface area contributed by atoms with E-state index in [1.165, 1.54) is 0 Å². The van der Waals surface area contributed by atoms with Gasteiger partial charge < -0.3 is 10.6 Å². The van der Waals surface area contributed by atoms with Crippen molar-refractivity contribution in [2.45, 2.75) is 40.2 Å². The summed E-state index contributed by atoms with van der Waals surface area (Å²) in [5.41, 5.74) is -0.0582. The van der Waals surface area contributed by atoms with E-state index in [-0.39, 0.29) is 17.4 Å². The van der Waals surface area contributed by atoms with Crippen LogP contribution in [0, 0.1) is 5.92 Å². The van der Waals surface area contributed by atoms with Gasteiger partial charge in [0.05, 0.1) is 0 Å². The predicted molar refractivity (Wildman–Crippen MR) is 68.9 cm³/mol. The normalized spacial score (nSPS) is 11.4. The van der Waals surface area contributed by atoms with Gasteiger partial charge in [0.2, 0.25) is 5.91 Å². The highest BCUT2D eigenvalue weighted by molar-refractivity contribution is 5.91. The third-order valence-corrected chi connectivity index (χ3v) is 1.94. The monoisotopic (exact) mass is 236 g/mol. The topological polar surface area (TPSA) is 66.9 Å². The molecule has 0 aromatic carbocycles. The molecular weight excluding hydrogens is 216 g/mol. The Bertz CT molecular complexity index is 378. The van der Waals surface area contributed by atoms with E-state index in [1.54, 1.807) is 12.1 Å². The molecule has 1 aromatic rings. The first-order valence-corrected chi connectivity index (χ1v) is 5.71. The molecule has 1 aromatic heterocycles. The highest BCUT2D eigenvalue weighted by atomic mass is 16.1. The fourth-order valence-corrected chi connectivity index (χ4v) is 1.12. The van der Waals surface area contributed by atoms with Crippen molar-refractivity contribution in [2.24, 2.45) is 5.92 Å². The van der Waals surface area contributed by atoms with Crippen molar-refractivity contribution < 1.29 is 4.79 Å². The third-order valence-electron chi connectivity index (χ3n) is 1.94. The number of carbonyl (C=O) groups is 1. The van der Waals surface area contributed by atoms with Crippen LogP contribution in [0.15, 0.2) is 12.1 Å². The van der Waals surface area contributed by atoms with Gasteiger partial charge in [-0.25, -0.2) is 0 Å². The van der Waals surface area contributed by atoms with Crippen molar-refractivity contribution in [3.63, 3.8) is 0 Å². The molecule has 0 radical (unpaired) electrons. The molecule has 1 amide bonds. The maximum Gasteiger partial charge on any atom is 0.228 e. The molecule has 0 unspecified atom stereocenters. The molecule has 5 heteroatoms. The number of anilines is 2. The van der Waals surface area contributed by atoms with E-state index >= 15 is 0 Å². The highest BCUT2D eigenvalue weighted by Crippen LogP contribution is 2.12. The van der Waals surface area contributed by atoms with Crippen LogP contribution in [0.1, 0.15) is 34.6 Å². The lowest BCUT2D eigenvalue weighted by Crippen LogP contribution is -2.27. The van der Waals surface area contributed by atoms with Crippen molar-refractivity contribution in [3.8, 4) is 0 Å². The molecule has 0 spiro atoms. The molecule has 0 saturated carbocycles. The second kappa shape index (κ2) is 5.12. The molecule has 1 rings (SSSR count). The minimum Gasteiger partial charge on any atom is -0.364 e. The summed E-state index contributed by atoms with van der Waals surface area (Å²) in [5.74, 6) is 1.04. The Kier molecular flexibility index (Phi) is 4.04. The number of amides is 1. The van der Waals surface area contributed by atoms with Crippen LogP contribution in [0.25, 0.3) is 0 Å². The summed E-state index contributed by atoms with van der Waals surface area (Å²) < 4.78 is 0. The quantitative estimate of drug-likeness (QED) is 0.845. The first kappa shape index (κ1) is 13.4. The Balaban J connectivity index is 2.65. The number of carbonyl (C=O) groups excluding carboxylic acids is 1. The maximum atomic E-state index is 11.4. The smallest absolute Gasteiger partial charge is 0.228 e. The van der Waals surface area contributed by atoms with Crippen LogP contribution in [0.3, 0.4) is 0 Å². The van der Waals surface area contributed by atoms with E-state index in [0.717, 1.165) is 0 Å². The van der Waals surface area contributed by atoms with Crippen molar-refractivity contribution in [3.05, 3.63) is 12.1 Å². The summed E-state index contributed by atoms with van der Waals surface area (Å²) in [7, 11) is 0. The van der Waals surface area contributed by atoms with Gasteiger partial charge in [0, 0.05) is 11.5 Å². The summed E-state index contributed by atoms with van der Waals surface area (Å²) in [6.45, 7) is 9.80. The summed E-state index contributed by atoms with van der Waals surface area (Å²) in [5, 5.41) is 13.8. The lowest BCUT2D eigenvalue weighted by atomic mass is 10.1. The maximum absolute atomic E-state index is 11.4. The molecule has 0 bridgehead atoms. The molecule has 0 aliphatic rings. The van der Waals surface area contributed by atoms with Crippen LogP contribution in [0.4, 0.5) is 11.6 Å². The second-order valence-electron chi connectivity index (χ2n) is 5.32. The number of rotatable bonds is 3. The lowest BCUT2D eigenvalue weighted by molar-refractivity contribution is -0.118. The van der Waals surface area contributed by atoms with E-state index < -0.39 is 0 Å². The molecular formula is C12H20N4O. The van der Waals surface area contributed by atoms with Crippen LogP contribution < -0.4 is 10.6 Å². The van der Waals surface area contributed by atoms with Gasteiger partial charge in [-0.15, -0.1) is 10.2 Å². The zero-order chi connectivity index (χ0) is 13.1. The van der Waals surface area contributed by atoms with Crippen molar-refractivity contribution >= 4 is 17.5 Å². The molecule has 94 valence electrons. The predicted octanol–water partition coefficient (Wildman–Crippen LogP) is 2.28. The molecule has 5 nitrogen and oxygen atoms in total. The van der Waals surface area contributed by atoms with Crippen molar-refractivity contribution in [1.82, 2.24) is 10.2 Å². The average molecular weight is 236 g/mol. The van der Waals surface area contributed by atoms with Gasteiger partial charge in [0.15, 0.2) is 5.82 Å². The Hall–Kier alpha value is -1.65. The fraction of sp³-hybridized carbons (Fsp3) is 0.583. The van der Waals surface area contributed by atoms with Gasteiger partial charge in [-0.05, 0) is 32.9 Å². The van der Waals surface area contributed by atoms with Crippen LogP contribution in [0.2, 0.25) is 0 Å². The minimum atomic E-state index is -0.0656. The summed E-state index contributed by atoms with van der Waals surface area (Å²) in [4.78, 5) is 11.4. The van der Waals surface area contributed by atoms with E-state index in [2.05, 4.69) is 20.8 Å². The largest absolute Gasteiger partial charge is 0.364 e. The summed E-state index contributed by atoms with van der Waals surface area (Å²) in [6.07, 6.45) is 0. The van der Waals surface area contributed by atoms with Gasteiger partial charge >= 0.3 is 0 Å². The van der Waals surface area contributed by atoms with Crippen LogP contribution in [0.5, 0.6) is 0 Å². The molecule has 0 atom stereocenters. The fourth-order valence-electron chi connectivity index (χ4n) is 1.12. The number of nitrogens with one attached hydrogen (secondary N) is 2. The van der Waals surface area contributed by atoms with E-state index in [9.17, 15) is 4.79 Å². The first-order valence-electron chi connectivity index (χ1n) is 5.71. The summed E-state index contributed by atoms with van der Waals surface area (Å²) >= 11 is 0. The number of hydrogen-bond donors (Lipinski definition) is 2. The first-order chi connectivity index (χ1) is 7.78. The van der Waals surface area contributed by atoms with Gasteiger partial charge in [-0.1, -0.05) is 13.8 Å². The lowest BCUT2D eigenvalue weighted by Gasteiger charge is -2.20. The Morgan fingerprint density at radius 2 is 1.71 bits per heavy atom. The van der Waals surface area contributed by atoms with E-state index in [1.807, 2.05) is 34.6 Å². The zero-order valence-electron chi connectivity index (χ0n) is 11.0. The molecule has 0 aliphatic heterocycles. The molecule has 0 aliphatic carbocycles. The molecule has 17 heavy (non-hydrogen) atoms. The van der Waals surface area contributed by atoms with Crippen LogP contribution >= 0.6 is 0 Å².